The molecule has 30 heavy (non-hydrogen) atoms. The van der Waals surface area contributed by atoms with Gasteiger partial charge in [-0.25, -0.2) is 0 Å². The zero-order valence-electron chi connectivity index (χ0n) is 17.3. The van der Waals surface area contributed by atoms with Crippen LogP contribution in [0.3, 0.4) is 0 Å². The molecule has 2 heterocycles. The molecule has 2 amide bonds. The van der Waals surface area contributed by atoms with Crippen molar-refractivity contribution in [1.29, 1.82) is 0 Å². The van der Waals surface area contributed by atoms with Gasteiger partial charge in [-0.1, -0.05) is 29.8 Å². The van der Waals surface area contributed by atoms with Crippen LogP contribution in [-0.4, -0.2) is 66.5 Å². The predicted octanol–water partition coefficient (Wildman–Crippen LogP) is 2.31. The number of benzene rings is 2. The van der Waals surface area contributed by atoms with Gasteiger partial charge in [0.2, 0.25) is 12.0 Å². The molecule has 0 aliphatic carbocycles. The fourth-order valence-corrected chi connectivity index (χ4v) is 3.72. The SMILES string of the molecule is Cc1ccc(NC(=O)C(C)N2CCN(C(=O)C3COc4ccccc4O3)CC2)cc1. The third kappa shape index (κ3) is 4.41. The van der Waals surface area contributed by atoms with Crippen LogP contribution in [-0.2, 0) is 9.59 Å². The molecule has 7 nitrogen and oxygen atoms in total. The highest BCUT2D eigenvalue weighted by Gasteiger charge is 2.34. The van der Waals surface area contributed by atoms with E-state index in [0.29, 0.717) is 37.7 Å². The van der Waals surface area contributed by atoms with Crippen molar-refractivity contribution in [3.8, 4) is 11.5 Å². The fourth-order valence-electron chi connectivity index (χ4n) is 3.72. The number of ether oxygens (including phenoxy) is 2. The average molecular weight is 409 g/mol. The van der Waals surface area contributed by atoms with Crippen molar-refractivity contribution in [2.24, 2.45) is 0 Å². The zero-order valence-corrected chi connectivity index (χ0v) is 17.3. The first-order valence-electron chi connectivity index (χ1n) is 10.3. The van der Waals surface area contributed by atoms with E-state index in [-0.39, 0.29) is 24.5 Å². The van der Waals surface area contributed by atoms with Gasteiger partial charge < -0.3 is 19.7 Å². The Morgan fingerprint density at radius 1 is 1.00 bits per heavy atom. The molecule has 2 aliphatic rings. The van der Waals surface area contributed by atoms with Crippen LogP contribution in [0.1, 0.15) is 12.5 Å². The Balaban J connectivity index is 1.28. The molecule has 158 valence electrons. The first-order chi connectivity index (χ1) is 14.5. The number of piperazine rings is 1. The number of aryl methyl sites for hydroxylation is 1. The van der Waals surface area contributed by atoms with E-state index in [1.165, 1.54) is 0 Å². The monoisotopic (exact) mass is 409 g/mol. The van der Waals surface area contributed by atoms with E-state index in [1.807, 2.05) is 56.3 Å². The number of anilines is 1. The third-order valence-electron chi connectivity index (χ3n) is 5.66. The number of nitrogens with zero attached hydrogens (tertiary/aromatic N) is 2. The molecule has 2 aromatic rings. The Bertz CT molecular complexity index is 907. The molecule has 2 aliphatic heterocycles. The Morgan fingerprint density at radius 2 is 1.67 bits per heavy atom. The second-order valence-electron chi connectivity index (χ2n) is 7.76. The highest BCUT2D eigenvalue weighted by molar-refractivity contribution is 5.94. The van der Waals surface area contributed by atoms with Crippen LogP contribution in [0.25, 0.3) is 0 Å². The molecule has 0 spiro atoms. The first-order valence-corrected chi connectivity index (χ1v) is 10.3. The summed E-state index contributed by atoms with van der Waals surface area (Å²) in [4.78, 5) is 29.4. The van der Waals surface area contributed by atoms with Gasteiger partial charge in [0.25, 0.3) is 5.91 Å². The highest BCUT2D eigenvalue weighted by Crippen LogP contribution is 2.31. The van der Waals surface area contributed by atoms with E-state index in [0.717, 1.165) is 11.3 Å². The average Bonchev–Trinajstić information content (AvgIpc) is 2.79. The number of carbonyl (C=O) groups is 2. The van der Waals surface area contributed by atoms with Crippen LogP contribution in [0, 0.1) is 6.92 Å². The van der Waals surface area contributed by atoms with Crippen molar-refractivity contribution in [3.05, 3.63) is 54.1 Å². The fraction of sp³-hybridized carbons (Fsp3) is 0.391. The van der Waals surface area contributed by atoms with Crippen molar-refractivity contribution < 1.29 is 19.1 Å². The molecule has 1 saturated heterocycles. The van der Waals surface area contributed by atoms with Gasteiger partial charge in [0.05, 0.1) is 6.04 Å². The molecule has 2 unspecified atom stereocenters. The molecule has 0 radical (unpaired) electrons. The summed E-state index contributed by atoms with van der Waals surface area (Å²) in [6.45, 7) is 6.52. The molecule has 1 fully saturated rings. The summed E-state index contributed by atoms with van der Waals surface area (Å²) in [6.07, 6.45) is -0.631. The van der Waals surface area contributed by atoms with E-state index >= 15 is 0 Å². The molecular formula is C23H27N3O4. The number of carbonyl (C=O) groups excluding carboxylic acids is 2. The lowest BCUT2D eigenvalue weighted by Gasteiger charge is -2.39. The van der Waals surface area contributed by atoms with E-state index in [9.17, 15) is 9.59 Å². The summed E-state index contributed by atoms with van der Waals surface area (Å²) in [5, 5.41) is 2.96. The molecule has 0 saturated carbocycles. The maximum atomic E-state index is 12.9. The van der Waals surface area contributed by atoms with Crippen LogP contribution in [0.15, 0.2) is 48.5 Å². The van der Waals surface area contributed by atoms with Gasteiger partial charge in [-0.05, 0) is 38.1 Å². The Labute approximate surface area is 176 Å². The normalized spacial score (nSPS) is 19.8. The molecular weight excluding hydrogens is 382 g/mol. The number of hydrogen-bond donors (Lipinski definition) is 1. The summed E-state index contributed by atoms with van der Waals surface area (Å²) >= 11 is 0. The number of fused-ring (bicyclic) bond motifs is 1. The zero-order chi connectivity index (χ0) is 21.1. The van der Waals surface area contributed by atoms with E-state index in [4.69, 9.17) is 9.47 Å². The maximum Gasteiger partial charge on any atom is 0.267 e. The lowest BCUT2D eigenvalue weighted by molar-refractivity contribution is -0.143. The quantitative estimate of drug-likeness (QED) is 0.839. The second kappa shape index (κ2) is 8.75. The smallest absolute Gasteiger partial charge is 0.267 e. The Morgan fingerprint density at radius 3 is 2.37 bits per heavy atom. The predicted molar refractivity (Wildman–Crippen MR) is 114 cm³/mol. The van der Waals surface area contributed by atoms with Crippen LogP contribution in [0.4, 0.5) is 5.69 Å². The van der Waals surface area contributed by atoms with Gasteiger partial charge in [-0.3, -0.25) is 14.5 Å². The number of rotatable bonds is 4. The number of amides is 2. The molecule has 4 rings (SSSR count). The van der Waals surface area contributed by atoms with Crippen LogP contribution in [0.5, 0.6) is 11.5 Å². The van der Waals surface area contributed by atoms with Gasteiger partial charge >= 0.3 is 0 Å². The molecule has 0 bridgehead atoms. The second-order valence-corrected chi connectivity index (χ2v) is 7.76. The first kappa shape index (κ1) is 20.2. The number of hydrogen-bond acceptors (Lipinski definition) is 5. The minimum absolute atomic E-state index is 0.0424. The molecule has 7 heteroatoms. The van der Waals surface area contributed by atoms with Gasteiger partial charge in [0.15, 0.2) is 11.5 Å². The van der Waals surface area contributed by atoms with Crippen LogP contribution < -0.4 is 14.8 Å². The van der Waals surface area contributed by atoms with Crippen molar-refractivity contribution in [1.82, 2.24) is 9.80 Å². The summed E-state index contributed by atoms with van der Waals surface area (Å²) < 4.78 is 11.5. The number of nitrogens with one attached hydrogen (secondary N) is 1. The van der Waals surface area contributed by atoms with Gasteiger partial charge in [0.1, 0.15) is 6.61 Å². The van der Waals surface area contributed by atoms with E-state index in [1.54, 1.807) is 11.0 Å². The molecule has 1 N–H and O–H groups in total. The van der Waals surface area contributed by atoms with Crippen LogP contribution in [0.2, 0.25) is 0 Å². The van der Waals surface area contributed by atoms with E-state index in [2.05, 4.69) is 10.2 Å². The largest absolute Gasteiger partial charge is 0.485 e. The molecule has 0 aromatic heterocycles. The topological polar surface area (TPSA) is 71.1 Å². The minimum atomic E-state index is -0.631. The van der Waals surface area contributed by atoms with Crippen molar-refractivity contribution >= 4 is 17.5 Å². The summed E-state index contributed by atoms with van der Waals surface area (Å²) in [7, 11) is 0. The van der Waals surface area contributed by atoms with Gasteiger partial charge in [0, 0.05) is 31.9 Å². The lowest BCUT2D eigenvalue weighted by Crippen LogP contribution is -2.57. The van der Waals surface area contributed by atoms with Crippen molar-refractivity contribution in [3.63, 3.8) is 0 Å². The number of para-hydroxylation sites is 2. The summed E-state index contributed by atoms with van der Waals surface area (Å²) in [6, 6.07) is 14.8. The summed E-state index contributed by atoms with van der Waals surface area (Å²) in [5.41, 5.74) is 1.94. The maximum absolute atomic E-state index is 12.9. The third-order valence-corrected chi connectivity index (χ3v) is 5.66. The minimum Gasteiger partial charge on any atom is -0.485 e. The lowest BCUT2D eigenvalue weighted by atomic mass is 10.1. The standard InChI is InChI=1S/C23H27N3O4/c1-16-7-9-18(10-8-16)24-22(27)17(2)25-11-13-26(14-12-25)23(28)21-15-29-19-5-3-4-6-20(19)30-21/h3-10,17,21H,11-15H2,1-2H3,(H,24,27). The van der Waals surface area contributed by atoms with Crippen LogP contribution >= 0.6 is 0 Å². The van der Waals surface area contributed by atoms with Crippen molar-refractivity contribution in [2.75, 3.05) is 38.1 Å². The highest BCUT2D eigenvalue weighted by atomic mass is 16.6. The summed E-state index contributed by atoms with van der Waals surface area (Å²) in [5.74, 6) is 1.15. The van der Waals surface area contributed by atoms with Crippen molar-refractivity contribution in [2.45, 2.75) is 26.0 Å². The Kier molecular flexibility index (Phi) is 5.90. The molecule has 2 atom stereocenters. The molecule has 2 aromatic carbocycles. The Hall–Kier alpha value is -3.06. The van der Waals surface area contributed by atoms with Gasteiger partial charge in [-0.15, -0.1) is 0 Å². The van der Waals surface area contributed by atoms with Gasteiger partial charge in [-0.2, -0.15) is 0 Å². The van der Waals surface area contributed by atoms with E-state index < -0.39 is 6.10 Å².